The van der Waals surface area contributed by atoms with Gasteiger partial charge in [-0.1, -0.05) is 12.1 Å². The predicted molar refractivity (Wildman–Crippen MR) is 93.8 cm³/mol. The maximum absolute atomic E-state index is 12.0. The molecule has 1 aliphatic heterocycles. The molecule has 0 unspecified atom stereocenters. The number of anilines is 1. The van der Waals surface area contributed by atoms with Crippen molar-refractivity contribution in [1.82, 2.24) is 10.2 Å². The molecule has 0 bridgehead atoms. The van der Waals surface area contributed by atoms with Gasteiger partial charge in [-0.05, 0) is 51.3 Å². The summed E-state index contributed by atoms with van der Waals surface area (Å²) in [6.45, 7) is 7.86. The van der Waals surface area contributed by atoms with Crippen LogP contribution >= 0.6 is 0 Å². The number of benzene rings is 1. The lowest BCUT2D eigenvalue weighted by Gasteiger charge is -2.33. The summed E-state index contributed by atoms with van der Waals surface area (Å²) in [5.41, 5.74) is 1.51. The molecule has 6 nitrogen and oxygen atoms in total. The van der Waals surface area contributed by atoms with E-state index >= 15 is 0 Å². The molecule has 0 aromatic heterocycles. The lowest BCUT2D eigenvalue weighted by molar-refractivity contribution is -0.105. The summed E-state index contributed by atoms with van der Waals surface area (Å²) in [7, 11) is 0. The van der Waals surface area contributed by atoms with Gasteiger partial charge >= 0.3 is 6.09 Å². The largest absolute Gasteiger partial charge is 0.444 e. The highest BCUT2D eigenvalue weighted by Crippen LogP contribution is 2.16. The second-order valence-electron chi connectivity index (χ2n) is 7.08. The molecule has 24 heavy (non-hydrogen) atoms. The Balaban J connectivity index is 1.73. The first-order chi connectivity index (χ1) is 11.4. The number of carbonyl (C=O) groups is 2. The van der Waals surface area contributed by atoms with E-state index in [1.165, 1.54) is 5.56 Å². The van der Waals surface area contributed by atoms with Crippen molar-refractivity contribution in [2.45, 2.75) is 51.8 Å². The molecule has 1 aromatic carbocycles. The topological polar surface area (TPSA) is 70.7 Å². The second-order valence-corrected chi connectivity index (χ2v) is 7.08. The van der Waals surface area contributed by atoms with Crippen LogP contribution in [0.1, 0.15) is 39.2 Å². The van der Waals surface area contributed by atoms with E-state index in [4.69, 9.17) is 4.74 Å². The minimum Gasteiger partial charge on any atom is -0.444 e. The summed E-state index contributed by atoms with van der Waals surface area (Å²) < 4.78 is 5.41. The van der Waals surface area contributed by atoms with Crippen molar-refractivity contribution in [1.29, 1.82) is 0 Å². The van der Waals surface area contributed by atoms with E-state index < -0.39 is 5.60 Å². The van der Waals surface area contributed by atoms with Gasteiger partial charge in [0.2, 0.25) is 6.41 Å². The zero-order valence-electron chi connectivity index (χ0n) is 14.7. The minimum absolute atomic E-state index is 0.223. The Bertz CT molecular complexity index is 544. The number of nitrogens with zero attached hydrogens (tertiary/aromatic N) is 1. The first-order valence-corrected chi connectivity index (χ1v) is 8.38. The van der Waals surface area contributed by atoms with Crippen LogP contribution in [-0.2, 0) is 16.1 Å². The fourth-order valence-electron chi connectivity index (χ4n) is 2.64. The smallest absolute Gasteiger partial charge is 0.410 e. The molecule has 0 atom stereocenters. The molecule has 0 spiro atoms. The number of ether oxygens (including phenoxy) is 1. The Morgan fingerprint density at radius 1 is 1.25 bits per heavy atom. The van der Waals surface area contributed by atoms with E-state index in [1.807, 2.05) is 45.0 Å². The molecule has 1 heterocycles. The quantitative estimate of drug-likeness (QED) is 0.813. The number of likely N-dealkylation sites (tertiary alicyclic amines) is 1. The Morgan fingerprint density at radius 3 is 2.42 bits per heavy atom. The maximum atomic E-state index is 12.0. The Labute approximate surface area is 143 Å². The van der Waals surface area contributed by atoms with Crippen molar-refractivity contribution in [3.63, 3.8) is 0 Å². The predicted octanol–water partition coefficient (Wildman–Crippen LogP) is 2.74. The molecule has 2 rings (SSSR count). The van der Waals surface area contributed by atoms with Gasteiger partial charge in [0, 0.05) is 31.4 Å². The molecule has 1 saturated heterocycles. The van der Waals surface area contributed by atoms with Crippen LogP contribution in [0.15, 0.2) is 24.3 Å². The molecular formula is C18H27N3O3. The van der Waals surface area contributed by atoms with Gasteiger partial charge in [0.15, 0.2) is 0 Å². The van der Waals surface area contributed by atoms with Gasteiger partial charge in [-0.3, -0.25) is 4.79 Å². The summed E-state index contributed by atoms with van der Waals surface area (Å²) in [6.07, 6.45) is 2.29. The molecule has 6 heteroatoms. The SMILES string of the molecule is CC(C)(C)OC(=O)N1CCC(NCc2ccc(NC=O)cc2)CC1. The second kappa shape index (κ2) is 8.15. The summed E-state index contributed by atoms with van der Waals surface area (Å²) in [5, 5.41) is 6.15. The van der Waals surface area contributed by atoms with Gasteiger partial charge in [0.05, 0.1) is 0 Å². The molecule has 2 amide bonds. The monoisotopic (exact) mass is 333 g/mol. The molecule has 0 saturated carbocycles. The molecule has 132 valence electrons. The number of carbonyl (C=O) groups excluding carboxylic acids is 2. The fourth-order valence-corrected chi connectivity index (χ4v) is 2.64. The Morgan fingerprint density at radius 2 is 1.88 bits per heavy atom. The van der Waals surface area contributed by atoms with E-state index in [0.29, 0.717) is 12.5 Å². The molecule has 1 aliphatic rings. The molecule has 2 N–H and O–H groups in total. The van der Waals surface area contributed by atoms with Gasteiger partial charge in [-0.2, -0.15) is 0 Å². The summed E-state index contributed by atoms with van der Waals surface area (Å²) in [4.78, 5) is 24.2. The van der Waals surface area contributed by atoms with Crippen LogP contribution in [0.25, 0.3) is 0 Å². The maximum Gasteiger partial charge on any atom is 0.410 e. The fraction of sp³-hybridized carbons (Fsp3) is 0.556. The van der Waals surface area contributed by atoms with Crippen LogP contribution in [0.5, 0.6) is 0 Å². The average Bonchev–Trinajstić information content (AvgIpc) is 2.53. The number of amides is 2. The highest BCUT2D eigenvalue weighted by Gasteiger charge is 2.26. The molecule has 0 aliphatic carbocycles. The highest BCUT2D eigenvalue weighted by molar-refractivity contribution is 5.71. The molecule has 1 aromatic rings. The molecule has 0 radical (unpaired) electrons. The normalized spacial score (nSPS) is 15.9. The molecular weight excluding hydrogens is 306 g/mol. The van der Waals surface area contributed by atoms with Crippen molar-refractivity contribution < 1.29 is 14.3 Å². The van der Waals surface area contributed by atoms with Crippen molar-refractivity contribution in [2.24, 2.45) is 0 Å². The summed E-state index contributed by atoms with van der Waals surface area (Å²) >= 11 is 0. The van der Waals surface area contributed by atoms with Crippen LogP contribution in [0, 0.1) is 0 Å². The van der Waals surface area contributed by atoms with Crippen LogP contribution in [0.2, 0.25) is 0 Å². The van der Waals surface area contributed by atoms with Crippen molar-refractivity contribution in [3.8, 4) is 0 Å². The average molecular weight is 333 g/mol. The number of hydrogen-bond acceptors (Lipinski definition) is 4. The van der Waals surface area contributed by atoms with E-state index in [1.54, 1.807) is 4.90 Å². The summed E-state index contributed by atoms with van der Waals surface area (Å²) in [5.74, 6) is 0. The Kier molecular flexibility index (Phi) is 6.20. The minimum atomic E-state index is -0.447. The van der Waals surface area contributed by atoms with Crippen LogP contribution in [-0.4, -0.2) is 42.1 Å². The highest BCUT2D eigenvalue weighted by atomic mass is 16.6. The van der Waals surface area contributed by atoms with Gasteiger partial charge in [-0.15, -0.1) is 0 Å². The number of hydrogen-bond donors (Lipinski definition) is 2. The standard InChI is InChI=1S/C18H27N3O3/c1-18(2,3)24-17(23)21-10-8-16(9-11-21)19-12-14-4-6-15(7-5-14)20-13-22/h4-7,13,16,19H,8-12H2,1-3H3,(H,20,22). The van der Waals surface area contributed by atoms with E-state index in [0.717, 1.165) is 38.2 Å². The van der Waals surface area contributed by atoms with Crippen molar-refractivity contribution in [3.05, 3.63) is 29.8 Å². The third-order valence-electron chi connectivity index (χ3n) is 3.92. The van der Waals surface area contributed by atoms with Gasteiger partial charge in [-0.25, -0.2) is 4.79 Å². The van der Waals surface area contributed by atoms with E-state index in [2.05, 4.69) is 10.6 Å². The number of piperidine rings is 1. The zero-order chi connectivity index (χ0) is 17.6. The third-order valence-corrected chi connectivity index (χ3v) is 3.92. The first kappa shape index (κ1) is 18.3. The van der Waals surface area contributed by atoms with Gasteiger partial charge in [0.1, 0.15) is 5.60 Å². The van der Waals surface area contributed by atoms with Gasteiger partial charge in [0.25, 0.3) is 0 Å². The number of nitrogens with one attached hydrogen (secondary N) is 2. The number of rotatable bonds is 5. The van der Waals surface area contributed by atoms with Gasteiger partial charge < -0.3 is 20.3 Å². The van der Waals surface area contributed by atoms with E-state index in [-0.39, 0.29) is 6.09 Å². The Hall–Kier alpha value is -2.08. The lowest BCUT2D eigenvalue weighted by Crippen LogP contribution is -2.46. The van der Waals surface area contributed by atoms with Crippen LogP contribution < -0.4 is 10.6 Å². The van der Waals surface area contributed by atoms with Crippen LogP contribution in [0.4, 0.5) is 10.5 Å². The van der Waals surface area contributed by atoms with Crippen molar-refractivity contribution in [2.75, 3.05) is 18.4 Å². The van der Waals surface area contributed by atoms with E-state index in [9.17, 15) is 9.59 Å². The molecule has 1 fully saturated rings. The van der Waals surface area contributed by atoms with Crippen LogP contribution in [0.3, 0.4) is 0 Å². The van der Waals surface area contributed by atoms with Crippen molar-refractivity contribution >= 4 is 18.2 Å². The summed E-state index contributed by atoms with van der Waals surface area (Å²) in [6, 6.07) is 8.16. The third kappa shape index (κ3) is 5.85. The first-order valence-electron chi connectivity index (χ1n) is 8.38. The lowest BCUT2D eigenvalue weighted by atomic mass is 10.0. The zero-order valence-corrected chi connectivity index (χ0v) is 14.7.